The summed E-state index contributed by atoms with van der Waals surface area (Å²) < 4.78 is 0. The van der Waals surface area contributed by atoms with Gasteiger partial charge in [0.25, 0.3) is 0 Å². The van der Waals surface area contributed by atoms with Crippen molar-refractivity contribution in [2.75, 3.05) is 11.1 Å². The van der Waals surface area contributed by atoms with Gasteiger partial charge in [-0.3, -0.25) is 0 Å². The Hall–Kier alpha value is -1.96. The Morgan fingerprint density at radius 3 is 2.53 bits per heavy atom. The fourth-order valence-corrected chi connectivity index (χ4v) is 1.89. The molecule has 0 aromatic heterocycles. The molecule has 0 bridgehead atoms. The van der Waals surface area contributed by atoms with Crippen LogP contribution in [0.25, 0.3) is 0 Å². The van der Waals surface area contributed by atoms with E-state index in [1.54, 1.807) is 0 Å². The van der Waals surface area contributed by atoms with E-state index in [9.17, 15) is 0 Å². The normalized spacial score (nSPS) is 10.2. The van der Waals surface area contributed by atoms with Crippen LogP contribution in [0.15, 0.2) is 42.5 Å². The number of nitrogen functional groups attached to an aromatic ring is 1. The van der Waals surface area contributed by atoms with Crippen molar-refractivity contribution in [2.45, 2.75) is 20.4 Å². The van der Waals surface area contributed by atoms with Gasteiger partial charge in [-0.15, -0.1) is 0 Å². The van der Waals surface area contributed by atoms with Crippen molar-refractivity contribution < 1.29 is 0 Å². The lowest BCUT2D eigenvalue weighted by Gasteiger charge is -2.11. The standard InChI is InChI=1S/C15H18N2/c1-11-7-8-13(12(2)9-11)10-17-15-6-4-3-5-14(15)16/h3-9,17H,10,16H2,1-2H3. The molecule has 0 aliphatic rings. The van der Waals surface area contributed by atoms with Crippen LogP contribution in [0.1, 0.15) is 16.7 Å². The topological polar surface area (TPSA) is 38.0 Å². The zero-order chi connectivity index (χ0) is 12.3. The zero-order valence-corrected chi connectivity index (χ0v) is 10.3. The molecule has 2 aromatic carbocycles. The lowest BCUT2D eigenvalue weighted by atomic mass is 10.1. The minimum absolute atomic E-state index is 0.789. The second-order valence-corrected chi connectivity index (χ2v) is 4.37. The van der Waals surface area contributed by atoms with Crippen molar-refractivity contribution in [3.63, 3.8) is 0 Å². The SMILES string of the molecule is Cc1ccc(CNc2ccccc2N)c(C)c1. The van der Waals surface area contributed by atoms with Crippen LogP contribution in [0.4, 0.5) is 11.4 Å². The Balaban J connectivity index is 2.10. The van der Waals surface area contributed by atoms with E-state index >= 15 is 0 Å². The van der Waals surface area contributed by atoms with E-state index in [0.29, 0.717) is 0 Å². The van der Waals surface area contributed by atoms with Crippen molar-refractivity contribution >= 4 is 11.4 Å². The summed E-state index contributed by atoms with van der Waals surface area (Å²) in [4.78, 5) is 0. The molecule has 0 radical (unpaired) electrons. The average Bonchev–Trinajstić information content (AvgIpc) is 2.30. The first-order valence-electron chi connectivity index (χ1n) is 5.81. The average molecular weight is 226 g/mol. The lowest BCUT2D eigenvalue weighted by molar-refractivity contribution is 1.11. The van der Waals surface area contributed by atoms with Crippen LogP contribution in [-0.4, -0.2) is 0 Å². The molecule has 0 aliphatic carbocycles. The fraction of sp³-hybridized carbons (Fsp3) is 0.200. The van der Waals surface area contributed by atoms with E-state index in [0.717, 1.165) is 17.9 Å². The summed E-state index contributed by atoms with van der Waals surface area (Å²) in [6.07, 6.45) is 0. The highest BCUT2D eigenvalue weighted by atomic mass is 14.9. The number of benzene rings is 2. The predicted molar refractivity (Wildman–Crippen MR) is 74.1 cm³/mol. The van der Waals surface area contributed by atoms with Crippen molar-refractivity contribution in [2.24, 2.45) is 0 Å². The van der Waals surface area contributed by atoms with Crippen LogP contribution in [0.3, 0.4) is 0 Å². The van der Waals surface area contributed by atoms with Crippen LogP contribution in [0.5, 0.6) is 0 Å². The quantitative estimate of drug-likeness (QED) is 0.786. The number of nitrogens with two attached hydrogens (primary N) is 1. The molecule has 0 heterocycles. The highest BCUT2D eigenvalue weighted by Crippen LogP contribution is 2.19. The predicted octanol–water partition coefficient (Wildman–Crippen LogP) is 3.50. The third kappa shape index (κ3) is 2.78. The fourth-order valence-electron chi connectivity index (χ4n) is 1.89. The van der Waals surface area contributed by atoms with Crippen LogP contribution in [0.2, 0.25) is 0 Å². The minimum Gasteiger partial charge on any atom is -0.397 e. The monoisotopic (exact) mass is 226 g/mol. The highest BCUT2D eigenvalue weighted by Gasteiger charge is 2.00. The minimum atomic E-state index is 0.789. The van der Waals surface area contributed by atoms with E-state index in [1.807, 2.05) is 24.3 Å². The lowest BCUT2D eigenvalue weighted by Crippen LogP contribution is -2.03. The Kier molecular flexibility index (Phi) is 3.33. The number of rotatable bonds is 3. The maximum atomic E-state index is 5.88. The van der Waals surface area contributed by atoms with Gasteiger partial charge in [0.15, 0.2) is 0 Å². The molecule has 2 nitrogen and oxygen atoms in total. The molecule has 0 fully saturated rings. The molecule has 0 unspecified atom stereocenters. The van der Waals surface area contributed by atoms with E-state index in [1.165, 1.54) is 16.7 Å². The van der Waals surface area contributed by atoms with Gasteiger partial charge in [0, 0.05) is 6.54 Å². The Morgan fingerprint density at radius 1 is 1.06 bits per heavy atom. The summed E-state index contributed by atoms with van der Waals surface area (Å²) >= 11 is 0. The van der Waals surface area contributed by atoms with Crippen LogP contribution < -0.4 is 11.1 Å². The summed E-state index contributed by atoms with van der Waals surface area (Å²) in [6, 6.07) is 14.3. The number of hydrogen-bond donors (Lipinski definition) is 2. The molecule has 0 atom stereocenters. The summed E-state index contributed by atoms with van der Waals surface area (Å²) in [5, 5.41) is 3.36. The molecule has 88 valence electrons. The molecule has 3 N–H and O–H groups in total. The molecule has 0 saturated carbocycles. The highest BCUT2D eigenvalue weighted by molar-refractivity contribution is 5.65. The second-order valence-electron chi connectivity index (χ2n) is 4.37. The smallest absolute Gasteiger partial charge is 0.0576 e. The summed E-state index contributed by atoms with van der Waals surface area (Å²) in [5.74, 6) is 0. The number of anilines is 2. The first-order valence-corrected chi connectivity index (χ1v) is 5.81. The van der Waals surface area contributed by atoms with Gasteiger partial charge < -0.3 is 11.1 Å². The maximum absolute atomic E-state index is 5.88. The molecule has 0 aliphatic heterocycles. The maximum Gasteiger partial charge on any atom is 0.0576 e. The third-order valence-electron chi connectivity index (χ3n) is 2.93. The molecule has 2 heteroatoms. The second kappa shape index (κ2) is 4.91. The first kappa shape index (κ1) is 11.5. The zero-order valence-electron chi connectivity index (χ0n) is 10.3. The van der Waals surface area contributed by atoms with Gasteiger partial charge in [0.05, 0.1) is 11.4 Å². The molecular formula is C15H18N2. The summed E-state index contributed by atoms with van der Waals surface area (Å²) in [5.41, 5.74) is 11.6. The van der Waals surface area contributed by atoms with E-state index in [2.05, 4.69) is 37.4 Å². The van der Waals surface area contributed by atoms with Gasteiger partial charge in [-0.2, -0.15) is 0 Å². The number of aryl methyl sites for hydroxylation is 2. The van der Waals surface area contributed by atoms with Crippen molar-refractivity contribution in [3.8, 4) is 0 Å². The summed E-state index contributed by atoms with van der Waals surface area (Å²) in [7, 11) is 0. The van der Waals surface area contributed by atoms with Crippen molar-refractivity contribution in [1.82, 2.24) is 0 Å². The molecular weight excluding hydrogens is 208 g/mol. The van der Waals surface area contributed by atoms with Gasteiger partial charge in [0.2, 0.25) is 0 Å². The van der Waals surface area contributed by atoms with Gasteiger partial charge in [-0.05, 0) is 37.1 Å². The Bertz CT molecular complexity index is 518. The van der Waals surface area contributed by atoms with Gasteiger partial charge in [0.1, 0.15) is 0 Å². The summed E-state index contributed by atoms with van der Waals surface area (Å²) in [6.45, 7) is 5.05. The van der Waals surface area contributed by atoms with Gasteiger partial charge >= 0.3 is 0 Å². The number of para-hydroxylation sites is 2. The molecule has 0 saturated heterocycles. The van der Waals surface area contributed by atoms with Crippen LogP contribution in [-0.2, 0) is 6.54 Å². The largest absolute Gasteiger partial charge is 0.397 e. The Morgan fingerprint density at radius 2 is 1.82 bits per heavy atom. The molecule has 0 spiro atoms. The van der Waals surface area contributed by atoms with Gasteiger partial charge in [-0.25, -0.2) is 0 Å². The van der Waals surface area contributed by atoms with Crippen molar-refractivity contribution in [1.29, 1.82) is 0 Å². The van der Waals surface area contributed by atoms with Crippen LogP contribution in [0, 0.1) is 13.8 Å². The van der Waals surface area contributed by atoms with Crippen molar-refractivity contribution in [3.05, 3.63) is 59.2 Å². The number of hydrogen-bond acceptors (Lipinski definition) is 2. The van der Waals surface area contributed by atoms with E-state index in [4.69, 9.17) is 5.73 Å². The molecule has 2 aromatic rings. The first-order chi connectivity index (χ1) is 8.16. The Labute approximate surface area is 102 Å². The molecule has 0 amide bonds. The number of nitrogens with one attached hydrogen (secondary N) is 1. The van der Waals surface area contributed by atoms with E-state index in [-0.39, 0.29) is 0 Å². The third-order valence-corrected chi connectivity index (χ3v) is 2.93. The van der Waals surface area contributed by atoms with Crippen LogP contribution >= 0.6 is 0 Å². The molecule has 17 heavy (non-hydrogen) atoms. The van der Waals surface area contributed by atoms with Gasteiger partial charge in [-0.1, -0.05) is 35.9 Å². The van der Waals surface area contributed by atoms with E-state index < -0.39 is 0 Å². The molecule has 2 rings (SSSR count).